The molecule has 0 aromatic rings. The minimum atomic E-state index is 0.528. The Morgan fingerprint density at radius 2 is 2.00 bits per heavy atom. The summed E-state index contributed by atoms with van der Waals surface area (Å²) in [6, 6.07) is 0.528. The fourth-order valence-electron chi connectivity index (χ4n) is 0.390. The molecular formula is C6H15NO. The summed E-state index contributed by atoms with van der Waals surface area (Å²) in [7, 11) is 5.81. The van der Waals surface area contributed by atoms with E-state index in [0.717, 1.165) is 6.61 Å². The Bertz CT molecular complexity index is 54.5. The molecule has 1 atom stereocenters. The van der Waals surface area contributed by atoms with Crippen molar-refractivity contribution in [3.05, 3.63) is 0 Å². The van der Waals surface area contributed by atoms with Crippen LogP contribution in [0.15, 0.2) is 0 Å². The van der Waals surface area contributed by atoms with Crippen molar-refractivity contribution in [1.29, 1.82) is 0 Å². The van der Waals surface area contributed by atoms with Crippen LogP contribution >= 0.6 is 0 Å². The first-order valence-electron chi connectivity index (χ1n) is 2.84. The van der Waals surface area contributed by atoms with E-state index in [1.807, 2.05) is 14.1 Å². The standard InChI is InChI=1S/C6H15NO/c1-6(5-8-4)7(2)3/h6H,5H2,1-4H3/t6-/m1/s1. The van der Waals surface area contributed by atoms with Crippen molar-refractivity contribution in [2.24, 2.45) is 0 Å². The molecule has 0 rings (SSSR count). The van der Waals surface area contributed by atoms with Gasteiger partial charge in [0.2, 0.25) is 0 Å². The quantitative estimate of drug-likeness (QED) is 0.536. The number of hydrogen-bond donors (Lipinski definition) is 0. The summed E-state index contributed by atoms with van der Waals surface area (Å²) < 4.78 is 4.92. The molecule has 0 N–H and O–H groups in total. The number of ether oxygens (including phenoxy) is 1. The maximum absolute atomic E-state index is 4.92. The van der Waals surface area contributed by atoms with E-state index in [-0.39, 0.29) is 0 Å². The van der Waals surface area contributed by atoms with Gasteiger partial charge in [-0.15, -0.1) is 0 Å². The van der Waals surface area contributed by atoms with E-state index in [1.54, 1.807) is 7.11 Å². The highest BCUT2D eigenvalue weighted by molar-refractivity contribution is 4.55. The molecule has 0 saturated carbocycles. The molecule has 2 nitrogen and oxygen atoms in total. The maximum Gasteiger partial charge on any atom is 0.0615 e. The van der Waals surface area contributed by atoms with E-state index in [9.17, 15) is 0 Å². The molecular weight excluding hydrogens is 102 g/mol. The van der Waals surface area contributed by atoms with Gasteiger partial charge in [0.25, 0.3) is 0 Å². The van der Waals surface area contributed by atoms with Gasteiger partial charge in [-0.1, -0.05) is 0 Å². The number of rotatable bonds is 3. The third-order valence-electron chi connectivity index (χ3n) is 1.29. The van der Waals surface area contributed by atoms with Crippen molar-refractivity contribution < 1.29 is 4.74 Å². The Kier molecular flexibility index (Phi) is 3.83. The van der Waals surface area contributed by atoms with Gasteiger partial charge in [-0.25, -0.2) is 0 Å². The molecule has 0 aromatic heterocycles. The molecule has 0 fully saturated rings. The lowest BCUT2D eigenvalue weighted by molar-refractivity contribution is 0.129. The van der Waals surface area contributed by atoms with Gasteiger partial charge in [-0.2, -0.15) is 0 Å². The second-order valence-corrected chi connectivity index (χ2v) is 2.27. The van der Waals surface area contributed by atoms with Gasteiger partial charge in [0.05, 0.1) is 6.61 Å². The molecule has 0 aliphatic carbocycles. The van der Waals surface area contributed by atoms with Crippen LogP contribution < -0.4 is 0 Å². The topological polar surface area (TPSA) is 12.5 Å². The van der Waals surface area contributed by atoms with Gasteiger partial charge in [-0.3, -0.25) is 0 Å². The third-order valence-corrected chi connectivity index (χ3v) is 1.29. The van der Waals surface area contributed by atoms with E-state index >= 15 is 0 Å². The summed E-state index contributed by atoms with van der Waals surface area (Å²) in [5, 5.41) is 0. The van der Waals surface area contributed by atoms with Gasteiger partial charge < -0.3 is 9.64 Å². The molecule has 0 bridgehead atoms. The van der Waals surface area contributed by atoms with Gasteiger partial charge in [-0.05, 0) is 21.0 Å². The lowest BCUT2D eigenvalue weighted by Gasteiger charge is -2.17. The van der Waals surface area contributed by atoms with Crippen molar-refractivity contribution in [2.75, 3.05) is 27.8 Å². The molecule has 0 aliphatic rings. The summed E-state index contributed by atoms with van der Waals surface area (Å²) in [6.45, 7) is 2.94. The molecule has 0 heterocycles. The highest BCUT2D eigenvalue weighted by atomic mass is 16.5. The second kappa shape index (κ2) is 3.87. The lowest BCUT2D eigenvalue weighted by Crippen LogP contribution is -2.28. The Morgan fingerprint density at radius 3 is 2.12 bits per heavy atom. The predicted molar refractivity (Wildman–Crippen MR) is 35.0 cm³/mol. The van der Waals surface area contributed by atoms with Gasteiger partial charge in [0.1, 0.15) is 0 Å². The van der Waals surface area contributed by atoms with Gasteiger partial charge in [0, 0.05) is 13.2 Å². The Labute approximate surface area is 51.4 Å². The maximum atomic E-state index is 4.92. The first-order valence-corrected chi connectivity index (χ1v) is 2.84. The molecule has 0 amide bonds. The van der Waals surface area contributed by atoms with Crippen molar-refractivity contribution >= 4 is 0 Å². The minimum Gasteiger partial charge on any atom is -0.383 e. The van der Waals surface area contributed by atoms with Crippen LogP contribution in [-0.4, -0.2) is 38.8 Å². The number of nitrogens with zero attached hydrogens (tertiary/aromatic N) is 1. The Morgan fingerprint density at radius 1 is 1.50 bits per heavy atom. The highest BCUT2D eigenvalue weighted by Crippen LogP contribution is 1.89. The van der Waals surface area contributed by atoms with Crippen LogP contribution in [0.2, 0.25) is 0 Å². The Balaban J connectivity index is 3.17. The molecule has 0 saturated heterocycles. The van der Waals surface area contributed by atoms with Gasteiger partial charge >= 0.3 is 0 Å². The van der Waals surface area contributed by atoms with Crippen LogP contribution in [0, 0.1) is 0 Å². The lowest BCUT2D eigenvalue weighted by atomic mass is 10.3. The zero-order valence-electron chi connectivity index (χ0n) is 6.14. The summed E-state index contributed by atoms with van der Waals surface area (Å²) in [6.07, 6.45) is 0. The zero-order valence-corrected chi connectivity index (χ0v) is 6.14. The van der Waals surface area contributed by atoms with E-state index in [0.29, 0.717) is 6.04 Å². The van der Waals surface area contributed by atoms with E-state index < -0.39 is 0 Å². The average molecular weight is 117 g/mol. The molecule has 0 radical (unpaired) electrons. The van der Waals surface area contributed by atoms with Crippen LogP contribution in [0.5, 0.6) is 0 Å². The van der Waals surface area contributed by atoms with Crippen molar-refractivity contribution in [1.82, 2.24) is 4.90 Å². The van der Waals surface area contributed by atoms with Crippen molar-refractivity contribution in [3.63, 3.8) is 0 Å². The number of likely N-dealkylation sites (N-methyl/N-ethyl adjacent to an activating group) is 1. The predicted octanol–water partition coefficient (Wildman–Crippen LogP) is 0.583. The summed E-state index contributed by atoms with van der Waals surface area (Å²) in [4.78, 5) is 2.13. The van der Waals surface area contributed by atoms with Crippen LogP contribution in [-0.2, 0) is 4.74 Å². The van der Waals surface area contributed by atoms with E-state index in [1.165, 1.54) is 0 Å². The second-order valence-electron chi connectivity index (χ2n) is 2.27. The molecule has 50 valence electrons. The smallest absolute Gasteiger partial charge is 0.0615 e. The SMILES string of the molecule is COC[C@@H](C)N(C)C. The largest absolute Gasteiger partial charge is 0.383 e. The van der Waals surface area contributed by atoms with Crippen LogP contribution in [0.4, 0.5) is 0 Å². The summed E-state index contributed by atoms with van der Waals surface area (Å²) in [5.74, 6) is 0. The van der Waals surface area contributed by atoms with Gasteiger partial charge in [0.15, 0.2) is 0 Å². The Hall–Kier alpha value is -0.0800. The fraction of sp³-hybridized carbons (Fsp3) is 1.00. The van der Waals surface area contributed by atoms with E-state index in [2.05, 4.69) is 11.8 Å². The molecule has 0 unspecified atom stereocenters. The summed E-state index contributed by atoms with van der Waals surface area (Å²) >= 11 is 0. The van der Waals surface area contributed by atoms with Crippen molar-refractivity contribution in [2.45, 2.75) is 13.0 Å². The molecule has 2 heteroatoms. The van der Waals surface area contributed by atoms with Crippen LogP contribution in [0.3, 0.4) is 0 Å². The van der Waals surface area contributed by atoms with Crippen LogP contribution in [0.25, 0.3) is 0 Å². The summed E-state index contributed by atoms with van der Waals surface area (Å²) in [5.41, 5.74) is 0. The minimum absolute atomic E-state index is 0.528. The van der Waals surface area contributed by atoms with Crippen molar-refractivity contribution in [3.8, 4) is 0 Å². The molecule has 0 aromatic carbocycles. The molecule has 8 heavy (non-hydrogen) atoms. The first kappa shape index (κ1) is 7.92. The monoisotopic (exact) mass is 117 g/mol. The highest BCUT2D eigenvalue weighted by Gasteiger charge is 2.00. The number of hydrogen-bond acceptors (Lipinski definition) is 2. The molecule has 0 aliphatic heterocycles. The number of methoxy groups -OCH3 is 1. The normalized spacial score (nSPS) is 14.6. The third kappa shape index (κ3) is 2.99. The van der Waals surface area contributed by atoms with Crippen LogP contribution in [0.1, 0.15) is 6.92 Å². The zero-order chi connectivity index (χ0) is 6.57. The van der Waals surface area contributed by atoms with E-state index in [4.69, 9.17) is 4.74 Å². The average Bonchev–Trinajstić information content (AvgIpc) is 1.67. The first-order chi connectivity index (χ1) is 3.68. The fourth-order valence-corrected chi connectivity index (χ4v) is 0.390. The molecule has 0 spiro atoms.